The van der Waals surface area contributed by atoms with Crippen molar-refractivity contribution in [3.05, 3.63) is 94.0 Å². The predicted octanol–water partition coefficient (Wildman–Crippen LogP) is 3.10. The minimum Gasteiger partial charge on any atom is -0.495 e. The Kier molecular flexibility index (Phi) is 8.57. The summed E-state index contributed by atoms with van der Waals surface area (Å²) in [6.45, 7) is -0.240. The number of non-ortho nitro benzene ring substituents is 1. The number of para-hydroxylation sites is 2. The molecule has 0 unspecified atom stereocenters. The number of rotatable bonds is 11. The third-order valence-electron chi connectivity index (χ3n) is 4.88. The zero-order valence-corrected chi connectivity index (χ0v) is 20.3. The fourth-order valence-electron chi connectivity index (χ4n) is 3.09. The van der Waals surface area contributed by atoms with E-state index in [0.717, 1.165) is 16.1 Å². The van der Waals surface area contributed by atoms with Crippen LogP contribution in [-0.2, 0) is 21.4 Å². The summed E-state index contributed by atoms with van der Waals surface area (Å²) < 4.78 is 36.3. The lowest BCUT2D eigenvalue weighted by Gasteiger charge is -2.23. The molecule has 0 aliphatic heterocycles. The molecule has 0 saturated carbocycles. The number of nitrogens with one attached hydrogen (secondary N) is 1. The number of amides is 1. The number of benzene rings is 3. The number of anilines is 1. The van der Waals surface area contributed by atoms with Crippen molar-refractivity contribution in [2.45, 2.75) is 6.61 Å². The number of ether oxygens (including phenoxy) is 2. The molecule has 0 aromatic heterocycles. The van der Waals surface area contributed by atoms with E-state index in [1.54, 1.807) is 60.7 Å². The topological polar surface area (TPSA) is 140 Å². The Morgan fingerprint density at radius 2 is 1.75 bits per heavy atom. The van der Waals surface area contributed by atoms with E-state index < -0.39 is 27.4 Å². The fourth-order valence-corrected chi connectivity index (χ4v) is 3.95. The lowest BCUT2D eigenvalue weighted by Crippen LogP contribution is -2.39. The molecule has 0 radical (unpaired) electrons. The third kappa shape index (κ3) is 7.27. The number of methoxy groups -OCH3 is 1. The lowest BCUT2D eigenvalue weighted by atomic mass is 10.2. The first-order valence-electron chi connectivity index (χ1n) is 10.6. The summed E-state index contributed by atoms with van der Waals surface area (Å²) in [5, 5.41) is 14.6. The van der Waals surface area contributed by atoms with Crippen LogP contribution in [0.2, 0.25) is 0 Å². The van der Waals surface area contributed by atoms with Crippen LogP contribution in [0, 0.1) is 10.1 Å². The Balaban J connectivity index is 1.55. The molecule has 11 nitrogen and oxygen atoms in total. The van der Waals surface area contributed by atoms with Gasteiger partial charge in [-0.05, 0) is 59.7 Å². The maximum atomic E-state index is 12.4. The van der Waals surface area contributed by atoms with Gasteiger partial charge in [0, 0.05) is 12.1 Å². The van der Waals surface area contributed by atoms with E-state index in [9.17, 15) is 23.3 Å². The molecule has 1 amide bonds. The molecule has 3 rings (SSSR count). The number of hydrogen-bond donors (Lipinski definition) is 1. The minimum atomic E-state index is -3.76. The highest BCUT2D eigenvalue weighted by Gasteiger charge is 2.23. The molecule has 0 atom stereocenters. The van der Waals surface area contributed by atoms with E-state index in [4.69, 9.17) is 9.47 Å². The van der Waals surface area contributed by atoms with Gasteiger partial charge in [0.1, 0.15) is 24.7 Å². The van der Waals surface area contributed by atoms with Crippen molar-refractivity contribution < 1.29 is 27.6 Å². The number of carbonyl (C=O) groups excluding carboxylic acids is 1. The molecule has 0 fully saturated rings. The summed E-state index contributed by atoms with van der Waals surface area (Å²) in [5.74, 6) is 0.260. The van der Waals surface area contributed by atoms with Crippen molar-refractivity contribution >= 4 is 33.5 Å². The van der Waals surface area contributed by atoms with E-state index in [1.807, 2.05) is 0 Å². The summed E-state index contributed by atoms with van der Waals surface area (Å²) in [7, 11) is -2.35. The van der Waals surface area contributed by atoms with Crippen LogP contribution < -0.4 is 19.2 Å². The molecule has 12 heteroatoms. The number of hydrogen-bond acceptors (Lipinski definition) is 8. The maximum absolute atomic E-state index is 12.4. The highest BCUT2D eigenvalue weighted by Crippen LogP contribution is 2.29. The third-order valence-corrected chi connectivity index (χ3v) is 6.00. The minimum absolute atomic E-state index is 0.0123. The number of carbonyl (C=O) groups is 1. The normalized spacial score (nSPS) is 11.2. The van der Waals surface area contributed by atoms with Crippen molar-refractivity contribution in [2.24, 2.45) is 5.10 Å². The highest BCUT2D eigenvalue weighted by atomic mass is 32.2. The number of sulfonamides is 1. The van der Waals surface area contributed by atoms with E-state index >= 15 is 0 Å². The van der Waals surface area contributed by atoms with Crippen molar-refractivity contribution in [3.63, 3.8) is 0 Å². The summed E-state index contributed by atoms with van der Waals surface area (Å²) in [5.41, 5.74) is 4.02. The average molecular weight is 513 g/mol. The Hall–Kier alpha value is -4.45. The van der Waals surface area contributed by atoms with Crippen LogP contribution in [0.15, 0.2) is 77.9 Å². The zero-order valence-electron chi connectivity index (χ0n) is 19.5. The number of nitro groups is 1. The first-order valence-corrected chi connectivity index (χ1v) is 12.4. The van der Waals surface area contributed by atoms with Gasteiger partial charge in [0.15, 0.2) is 0 Å². The van der Waals surface area contributed by atoms with E-state index in [0.29, 0.717) is 17.1 Å². The molecule has 188 valence electrons. The second kappa shape index (κ2) is 11.8. The second-order valence-corrected chi connectivity index (χ2v) is 9.42. The quantitative estimate of drug-likeness (QED) is 0.236. The van der Waals surface area contributed by atoms with Crippen LogP contribution in [-0.4, -0.2) is 45.4 Å². The Labute approximate surface area is 208 Å². The van der Waals surface area contributed by atoms with Crippen molar-refractivity contribution in [1.29, 1.82) is 0 Å². The largest absolute Gasteiger partial charge is 0.495 e. The van der Waals surface area contributed by atoms with E-state index in [1.165, 1.54) is 25.5 Å². The smallest absolute Gasteiger partial charge is 0.269 e. The first kappa shape index (κ1) is 26.2. The van der Waals surface area contributed by atoms with Gasteiger partial charge in [0.25, 0.3) is 11.6 Å². The van der Waals surface area contributed by atoms with Gasteiger partial charge in [-0.1, -0.05) is 12.1 Å². The first-order chi connectivity index (χ1) is 17.2. The Morgan fingerprint density at radius 1 is 1.08 bits per heavy atom. The molecule has 0 spiro atoms. The van der Waals surface area contributed by atoms with Gasteiger partial charge in [-0.3, -0.25) is 19.2 Å². The van der Waals surface area contributed by atoms with Gasteiger partial charge < -0.3 is 9.47 Å². The van der Waals surface area contributed by atoms with Gasteiger partial charge in [0.2, 0.25) is 10.0 Å². The van der Waals surface area contributed by atoms with Crippen LogP contribution in [0.4, 0.5) is 11.4 Å². The van der Waals surface area contributed by atoms with Crippen LogP contribution in [0.1, 0.15) is 11.1 Å². The van der Waals surface area contributed by atoms with Crippen LogP contribution in [0.5, 0.6) is 11.5 Å². The summed E-state index contributed by atoms with van der Waals surface area (Å²) >= 11 is 0. The molecule has 0 saturated heterocycles. The van der Waals surface area contributed by atoms with Gasteiger partial charge in [-0.15, -0.1) is 0 Å². The molecule has 36 heavy (non-hydrogen) atoms. The number of nitrogens with zero attached hydrogens (tertiary/aromatic N) is 3. The Bertz CT molecular complexity index is 1340. The standard InChI is InChI=1S/C24H24N4O7S/c1-34-23-6-4-3-5-22(23)27(36(2,32)33)16-24(29)26-25-15-18-9-13-21(14-10-18)35-17-19-7-11-20(12-8-19)28(30)31/h3-15H,16-17H2,1-2H3,(H,26,29). The Morgan fingerprint density at radius 3 is 2.36 bits per heavy atom. The van der Waals surface area contributed by atoms with Gasteiger partial charge >= 0.3 is 0 Å². The molecule has 0 heterocycles. The van der Waals surface area contributed by atoms with Crippen LogP contribution in [0.3, 0.4) is 0 Å². The van der Waals surface area contributed by atoms with Crippen molar-refractivity contribution in [2.75, 3.05) is 24.2 Å². The molecule has 0 aliphatic carbocycles. The van der Waals surface area contributed by atoms with Gasteiger partial charge in [-0.2, -0.15) is 5.10 Å². The van der Waals surface area contributed by atoms with Crippen LogP contribution in [0.25, 0.3) is 0 Å². The van der Waals surface area contributed by atoms with Crippen molar-refractivity contribution in [3.8, 4) is 11.5 Å². The maximum Gasteiger partial charge on any atom is 0.269 e. The molecule has 0 bridgehead atoms. The predicted molar refractivity (Wildman–Crippen MR) is 135 cm³/mol. The molecule has 3 aromatic rings. The fraction of sp³-hybridized carbons (Fsp3) is 0.167. The zero-order chi connectivity index (χ0) is 26.1. The summed E-state index contributed by atoms with van der Waals surface area (Å²) in [6, 6.07) is 19.4. The van der Waals surface area contributed by atoms with Gasteiger partial charge in [0.05, 0.1) is 30.2 Å². The lowest BCUT2D eigenvalue weighted by molar-refractivity contribution is -0.384. The van der Waals surface area contributed by atoms with Gasteiger partial charge in [-0.25, -0.2) is 13.8 Å². The number of nitro benzene ring substituents is 1. The highest BCUT2D eigenvalue weighted by molar-refractivity contribution is 7.92. The SMILES string of the molecule is COc1ccccc1N(CC(=O)NN=Cc1ccc(OCc2ccc([N+](=O)[O-])cc2)cc1)S(C)(=O)=O. The molecule has 3 aromatic carbocycles. The molecular weight excluding hydrogens is 488 g/mol. The molecular formula is C24H24N4O7S. The summed E-state index contributed by atoms with van der Waals surface area (Å²) in [6.07, 6.45) is 2.41. The average Bonchev–Trinajstić information content (AvgIpc) is 2.86. The second-order valence-electron chi connectivity index (χ2n) is 7.52. The van der Waals surface area contributed by atoms with Crippen LogP contribution >= 0.6 is 0 Å². The summed E-state index contributed by atoms with van der Waals surface area (Å²) in [4.78, 5) is 22.6. The molecule has 0 aliphatic rings. The number of hydrazone groups is 1. The van der Waals surface area contributed by atoms with Crippen molar-refractivity contribution in [1.82, 2.24) is 5.43 Å². The molecule has 1 N–H and O–H groups in total. The van der Waals surface area contributed by atoms with E-state index in [2.05, 4.69) is 10.5 Å². The monoisotopic (exact) mass is 512 g/mol. The van der Waals surface area contributed by atoms with E-state index in [-0.39, 0.29) is 18.0 Å².